The standard InChI is InChI=1S/C15H19ClFN3O/c16-12-3-4-13(18-9-12)20-7-5-15(17,6-8-20)10-19-14(21)11-1-2-11/h3-4,9,11H,1-2,5-8,10H2,(H,19,21). The van der Waals surface area contributed by atoms with Crippen LogP contribution in [-0.2, 0) is 4.79 Å². The van der Waals surface area contributed by atoms with Crippen molar-refractivity contribution in [1.29, 1.82) is 0 Å². The molecule has 1 saturated heterocycles. The fourth-order valence-corrected chi connectivity index (χ4v) is 2.72. The summed E-state index contributed by atoms with van der Waals surface area (Å²) in [5.74, 6) is 0.962. The van der Waals surface area contributed by atoms with Crippen LogP contribution in [0, 0.1) is 5.92 Å². The number of halogens is 2. The molecule has 1 saturated carbocycles. The van der Waals surface area contributed by atoms with Crippen LogP contribution in [0.5, 0.6) is 0 Å². The molecule has 0 bridgehead atoms. The normalized spacial score (nSPS) is 21.1. The van der Waals surface area contributed by atoms with Gasteiger partial charge >= 0.3 is 0 Å². The summed E-state index contributed by atoms with van der Waals surface area (Å²) in [6, 6.07) is 3.64. The van der Waals surface area contributed by atoms with Gasteiger partial charge < -0.3 is 10.2 Å². The first kappa shape index (κ1) is 14.6. The highest BCUT2D eigenvalue weighted by atomic mass is 35.5. The summed E-state index contributed by atoms with van der Waals surface area (Å²) >= 11 is 5.82. The van der Waals surface area contributed by atoms with Crippen molar-refractivity contribution in [2.75, 3.05) is 24.5 Å². The average molecular weight is 312 g/mol. The lowest BCUT2D eigenvalue weighted by molar-refractivity contribution is -0.123. The van der Waals surface area contributed by atoms with E-state index in [0.29, 0.717) is 31.0 Å². The van der Waals surface area contributed by atoms with Crippen molar-refractivity contribution in [1.82, 2.24) is 10.3 Å². The molecule has 1 N–H and O–H groups in total. The minimum absolute atomic E-state index is 0.00817. The predicted octanol–water partition coefficient (Wildman–Crippen LogP) is 2.57. The first-order valence-corrected chi connectivity index (χ1v) is 7.77. The smallest absolute Gasteiger partial charge is 0.223 e. The van der Waals surface area contributed by atoms with Crippen LogP contribution in [0.3, 0.4) is 0 Å². The van der Waals surface area contributed by atoms with Gasteiger partial charge in [-0.25, -0.2) is 9.37 Å². The lowest BCUT2D eigenvalue weighted by Crippen LogP contribution is -2.48. The van der Waals surface area contributed by atoms with Gasteiger partial charge in [0, 0.05) is 38.0 Å². The third kappa shape index (κ3) is 3.64. The Labute approximate surface area is 128 Å². The maximum absolute atomic E-state index is 14.7. The molecule has 2 aliphatic rings. The van der Waals surface area contributed by atoms with Gasteiger partial charge in [0.05, 0.1) is 11.6 Å². The number of rotatable bonds is 4. The summed E-state index contributed by atoms with van der Waals surface area (Å²) in [5.41, 5.74) is -1.30. The van der Waals surface area contributed by atoms with Crippen molar-refractivity contribution in [3.8, 4) is 0 Å². The maximum atomic E-state index is 14.7. The third-order valence-electron chi connectivity index (χ3n) is 4.22. The SMILES string of the molecule is O=C(NCC1(F)CCN(c2ccc(Cl)cn2)CC1)C1CC1. The molecule has 0 aromatic carbocycles. The number of pyridine rings is 1. The molecule has 1 amide bonds. The molecule has 1 aromatic heterocycles. The van der Waals surface area contributed by atoms with Crippen molar-refractivity contribution < 1.29 is 9.18 Å². The molecule has 2 heterocycles. The second kappa shape index (κ2) is 5.79. The minimum Gasteiger partial charge on any atom is -0.356 e. The monoisotopic (exact) mass is 311 g/mol. The van der Waals surface area contributed by atoms with E-state index in [1.165, 1.54) is 0 Å². The van der Waals surface area contributed by atoms with Crippen LogP contribution in [-0.4, -0.2) is 36.2 Å². The molecule has 0 radical (unpaired) electrons. The van der Waals surface area contributed by atoms with Gasteiger partial charge in [0.2, 0.25) is 5.91 Å². The molecule has 0 atom stereocenters. The molecule has 4 nitrogen and oxygen atoms in total. The third-order valence-corrected chi connectivity index (χ3v) is 4.45. The van der Waals surface area contributed by atoms with Gasteiger partial charge in [-0.3, -0.25) is 4.79 Å². The fraction of sp³-hybridized carbons (Fsp3) is 0.600. The molecule has 1 aromatic rings. The number of amides is 1. The number of nitrogens with one attached hydrogen (secondary N) is 1. The Bertz CT molecular complexity index is 510. The molecule has 1 aliphatic heterocycles. The van der Waals surface area contributed by atoms with Gasteiger partial charge in [-0.15, -0.1) is 0 Å². The highest BCUT2D eigenvalue weighted by Crippen LogP contribution is 2.31. The lowest BCUT2D eigenvalue weighted by Gasteiger charge is -2.37. The Morgan fingerprint density at radius 2 is 2.14 bits per heavy atom. The molecule has 2 fully saturated rings. The van der Waals surface area contributed by atoms with Gasteiger partial charge in [0.15, 0.2) is 0 Å². The predicted molar refractivity (Wildman–Crippen MR) is 80.3 cm³/mol. The van der Waals surface area contributed by atoms with Crippen LogP contribution >= 0.6 is 11.6 Å². The van der Waals surface area contributed by atoms with Crippen LogP contribution < -0.4 is 10.2 Å². The minimum atomic E-state index is -1.30. The summed E-state index contributed by atoms with van der Waals surface area (Å²) in [4.78, 5) is 17.9. The second-order valence-corrected chi connectivity index (χ2v) is 6.40. The van der Waals surface area contributed by atoms with E-state index in [4.69, 9.17) is 11.6 Å². The molecular weight excluding hydrogens is 293 g/mol. The van der Waals surface area contributed by atoms with Crippen LogP contribution in [0.25, 0.3) is 0 Å². The number of anilines is 1. The highest BCUT2D eigenvalue weighted by molar-refractivity contribution is 6.30. The first-order chi connectivity index (χ1) is 10.1. The van der Waals surface area contributed by atoms with Gasteiger partial charge in [0.1, 0.15) is 11.5 Å². The summed E-state index contributed by atoms with van der Waals surface area (Å²) < 4.78 is 14.7. The molecule has 3 rings (SSSR count). The van der Waals surface area contributed by atoms with Crippen molar-refractivity contribution in [2.24, 2.45) is 5.92 Å². The van der Waals surface area contributed by atoms with Gasteiger partial charge in [0.25, 0.3) is 0 Å². The molecule has 6 heteroatoms. The van der Waals surface area contributed by atoms with Crippen LogP contribution in [0.2, 0.25) is 5.02 Å². The van der Waals surface area contributed by atoms with E-state index in [1.807, 2.05) is 6.07 Å². The number of nitrogens with zero attached hydrogens (tertiary/aromatic N) is 2. The quantitative estimate of drug-likeness (QED) is 0.929. The van der Waals surface area contributed by atoms with E-state index in [2.05, 4.69) is 15.2 Å². The van der Waals surface area contributed by atoms with E-state index < -0.39 is 5.67 Å². The Balaban J connectivity index is 1.51. The molecular formula is C15H19ClFN3O. The number of hydrogen-bond acceptors (Lipinski definition) is 3. The Morgan fingerprint density at radius 1 is 1.43 bits per heavy atom. The Morgan fingerprint density at radius 3 is 2.71 bits per heavy atom. The maximum Gasteiger partial charge on any atom is 0.223 e. The number of carbonyl (C=O) groups excluding carboxylic acids is 1. The lowest BCUT2D eigenvalue weighted by atomic mass is 9.93. The van der Waals surface area contributed by atoms with Crippen molar-refractivity contribution >= 4 is 23.3 Å². The van der Waals surface area contributed by atoms with Crippen LogP contribution in [0.15, 0.2) is 18.3 Å². The van der Waals surface area contributed by atoms with E-state index >= 15 is 0 Å². The van der Waals surface area contributed by atoms with E-state index in [1.54, 1.807) is 12.3 Å². The molecule has 1 aliphatic carbocycles. The number of carbonyl (C=O) groups is 1. The second-order valence-electron chi connectivity index (χ2n) is 5.96. The van der Waals surface area contributed by atoms with Gasteiger partial charge in [-0.2, -0.15) is 0 Å². The summed E-state index contributed by atoms with van der Waals surface area (Å²) in [5, 5.41) is 3.35. The van der Waals surface area contributed by atoms with Crippen LogP contribution in [0.1, 0.15) is 25.7 Å². The zero-order chi connectivity index (χ0) is 14.9. The number of hydrogen-bond donors (Lipinski definition) is 1. The van der Waals surface area contributed by atoms with E-state index in [9.17, 15) is 9.18 Å². The van der Waals surface area contributed by atoms with E-state index in [0.717, 1.165) is 18.7 Å². The van der Waals surface area contributed by atoms with Gasteiger partial charge in [-0.1, -0.05) is 11.6 Å². The Kier molecular flexibility index (Phi) is 4.02. The zero-order valence-corrected chi connectivity index (χ0v) is 12.6. The highest BCUT2D eigenvalue weighted by Gasteiger charge is 2.37. The number of aromatic nitrogens is 1. The van der Waals surface area contributed by atoms with Crippen molar-refractivity contribution in [3.05, 3.63) is 23.4 Å². The first-order valence-electron chi connectivity index (χ1n) is 7.39. The molecule has 0 spiro atoms. The summed E-state index contributed by atoms with van der Waals surface area (Å²) in [6.07, 6.45) is 4.30. The average Bonchev–Trinajstić information content (AvgIpc) is 3.32. The fourth-order valence-electron chi connectivity index (χ4n) is 2.60. The molecule has 114 valence electrons. The van der Waals surface area contributed by atoms with Crippen molar-refractivity contribution in [2.45, 2.75) is 31.4 Å². The van der Waals surface area contributed by atoms with Crippen molar-refractivity contribution in [3.63, 3.8) is 0 Å². The summed E-state index contributed by atoms with van der Waals surface area (Å²) in [6.45, 7) is 1.33. The largest absolute Gasteiger partial charge is 0.356 e. The Hall–Kier alpha value is -1.36. The summed E-state index contributed by atoms with van der Waals surface area (Å²) in [7, 11) is 0. The van der Waals surface area contributed by atoms with Gasteiger partial charge in [-0.05, 0) is 25.0 Å². The molecule has 21 heavy (non-hydrogen) atoms. The molecule has 0 unspecified atom stereocenters. The topological polar surface area (TPSA) is 45.2 Å². The van der Waals surface area contributed by atoms with Crippen LogP contribution in [0.4, 0.5) is 10.2 Å². The number of alkyl halides is 1. The van der Waals surface area contributed by atoms with E-state index in [-0.39, 0.29) is 18.4 Å². The zero-order valence-electron chi connectivity index (χ0n) is 11.8. The number of piperidine rings is 1.